The topological polar surface area (TPSA) is 83.5 Å². The highest BCUT2D eigenvalue weighted by atomic mass is 35.5. The van der Waals surface area contributed by atoms with Gasteiger partial charge in [0.05, 0.1) is 16.6 Å². The molecule has 1 atom stereocenters. The molecule has 2 amide bonds. The Hall–Kier alpha value is -2.38. The lowest BCUT2D eigenvalue weighted by Gasteiger charge is -2.17. The molecule has 8 heteroatoms. The van der Waals surface area contributed by atoms with Crippen LogP contribution in [0.4, 0.5) is 11.4 Å². The fourth-order valence-corrected chi connectivity index (χ4v) is 3.98. The van der Waals surface area contributed by atoms with Gasteiger partial charge >= 0.3 is 0 Å². The zero-order chi connectivity index (χ0) is 19.6. The van der Waals surface area contributed by atoms with E-state index in [0.29, 0.717) is 16.4 Å². The molecule has 142 valence electrons. The van der Waals surface area contributed by atoms with Crippen molar-refractivity contribution >= 4 is 44.6 Å². The van der Waals surface area contributed by atoms with Crippen molar-refractivity contribution in [3.63, 3.8) is 0 Å². The van der Waals surface area contributed by atoms with E-state index in [1.54, 1.807) is 48.2 Å². The van der Waals surface area contributed by atoms with Gasteiger partial charge in [0.1, 0.15) is 0 Å². The Labute approximate surface area is 163 Å². The van der Waals surface area contributed by atoms with Crippen molar-refractivity contribution in [2.45, 2.75) is 18.2 Å². The maximum atomic E-state index is 12.6. The van der Waals surface area contributed by atoms with Gasteiger partial charge in [-0.25, -0.2) is 8.42 Å². The highest BCUT2D eigenvalue weighted by Gasteiger charge is 2.35. The lowest BCUT2D eigenvalue weighted by atomic mass is 10.1. The Morgan fingerprint density at radius 2 is 1.93 bits per heavy atom. The number of sulfone groups is 1. The monoisotopic (exact) mass is 406 g/mol. The second-order valence-electron chi connectivity index (χ2n) is 6.30. The quantitative estimate of drug-likeness (QED) is 0.826. The first-order chi connectivity index (χ1) is 12.8. The van der Waals surface area contributed by atoms with E-state index in [-0.39, 0.29) is 35.4 Å². The van der Waals surface area contributed by atoms with Crippen molar-refractivity contribution in [3.05, 3.63) is 53.6 Å². The Morgan fingerprint density at radius 1 is 1.22 bits per heavy atom. The highest BCUT2D eigenvalue weighted by Crippen LogP contribution is 2.27. The number of hydrogen-bond donors (Lipinski definition) is 1. The van der Waals surface area contributed by atoms with Gasteiger partial charge in [-0.2, -0.15) is 0 Å². The molecular formula is C19H19ClN2O4S. The zero-order valence-corrected chi connectivity index (χ0v) is 16.3. The molecule has 27 heavy (non-hydrogen) atoms. The van der Waals surface area contributed by atoms with E-state index < -0.39 is 15.8 Å². The van der Waals surface area contributed by atoms with E-state index in [1.165, 1.54) is 12.1 Å². The van der Waals surface area contributed by atoms with Crippen molar-refractivity contribution in [3.8, 4) is 0 Å². The first-order valence-electron chi connectivity index (χ1n) is 8.50. The molecule has 0 radical (unpaired) electrons. The van der Waals surface area contributed by atoms with E-state index in [1.807, 2.05) is 0 Å². The average molecular weight is 407 g/mol. The van der Waals surface area contributed by atoms with Gasteiger partial charge in [0.2, 0.25) is 11.8 Å². The molecule has 3 rings (SSSR count). The summed E-state index contributed by atoms with van der Waals surface area (Å²) in [6.07, 6.45) is 0.0986. The molecule has 0 spiro atoms. The maximum absolute atomic E-state index is 12.6. The second kappa shape index (κ2) is 7.70. The molecule has 2 aromatic rings. The van der Waals surface area contributed by atoms with Crippen LogP contribution < -0.4 is 10.2 Å². The molecule has 1 saturated heterocycles. The molecule has 0 bridgehead atoms. The van der Waals surface area contributed by atoms with Crippen LogP contribution in [0.5, 0.6) is 0 Å². The van der Waals surface area contributed by atoms with Gasteiger partial charge in [0.15, 0.2) is 9.84 Å². The molecule has 0 aliphatic carbocycles. The van der Waals surface area contributed by atoms with Crippen LogP contribution in [-0.4, -0.2) is 32.5 Å². The van der Waals surface area contributed by atoms with E-state index in [0.717, 1.165) is 0 Å². The third kappa shape index (κ3) is 4.31. The molecule has 1 fully saturated rings. The first kappa shape index (κ1) is 19.4. The molecule has 6 nitrogen and oxygen atoms in total. The number of halogens is 1. The van der Waals surface area contributed by atoms with E-state index >= 15 is 0 Å². The number of nitrogens with zero attached hydrogens (tertiary/aromatic N) is 1. The number of anilines is 2. The normalized spacial score (nSPS) is 17.2. The summed E-state index contributed by atoms with van der Waals surface area (Å²) in [5, 5.41) is 3.29. The van der Waals surface area contributed by atoms with Crippen LogP contribution in [0.1, 0.15) is 13.3 Å². The predicted molar refractivity (Wildman–Crippen MR) is 105 cm³/mol. The van der Waals surface area contributed by atoms with Crippen molar-refractivity contribution in [1.29, 1.82) is 0 Å². The Morgan fingerprint density at radius 3 is 2.59 bits per heavy atom. The van der Waals surface area contributed by atoms with E-state index in [4.69, 9.17) is 11.6 Å². The third-order valence-corrected chi connectivity index (χ3v) is 6.46. The van der Waals surface area contributed by atoms with E-state index in [9.17, 15) is 18.0 Å². The van der Waals surface area contributed by atoms with Gasteiger partial charge in [-0.05, 0) is 42.5 Å². The molecule has 0 saturated carbocycles. The standard InChI is InChI=1S/C19H19ClN2O4S/c1-2-27(25,26)17-5-3-4-15(11-17)21-19(24)13-10-18(23)22(12-13)16-8-6-14(20)7-9-16/h3-9,11,13H,2,10,12H2,1H3,(H,21,24). The largest absolute Gasteiger partial charge is 0.326 e. The van der Waals surface area contributed by atoms with Crippen molar-refractivity contribution in [2.24, 2.45) is 5.92 Å². The van der Waals surface area contributed by atoms with E-state index in [2.05, 4.69) is 5.32 Å². The summed E-state index contributed by atoms with van der Waals surface area (Å²) < 4.78 is 24.0. The van der Waals surface area contributed by atoms with Crippen LogP contribution in [-0.2, 0) is 19.4 Å². The number of hydrogen-bond acceptors (Lipinski definition) is 4. The van der Waals surface area contributed by atoms with Crippen molar-refractivity contribution < 1.29 is 18.0 Å². The molecule has 1 N–H and O–H groups in total. The average Bonchev–Trinajstić information content (AvgIpc) is 3.04. The summed E-state index contributed by atoms with van der Waals surface area (Å²) in [5.41, 5.74) is 1.09. The summed E-state index contributed by atoms with van der Waals surface area (Å²) in [5.74, 6) is -0.984. The lowest BCUT2D eigenvalue weighted by Crippen LogP contribution is -2.28. The highest BCUT2D eigenvalue weighted by molar-refractivity contribution is 7.91. The van der Waals surface area contributed by atoms with Crippen LogP contribution in [0.25, 0.3) is 0 Å². The van der Waals surface area contributed by atoms with Crippen LogP contribution in [0.15, 0.2) is 53.4 Å². The number of amides is 2. The molecule has 1 heterocycles. The Bertz CT molecular complexity index is 973. The molecule has 1 aliphatic rings. The summed E-state index contributed by atoms with van der Waals surface area (Å²) in [6.45, 7) is 1.83. The first-order valence-corrected chi connectivity index (χ1v) is 10.5. The summed E-state index contributed by atoms with van der Waals surface area (Å²) >= 11 is 5.87. The van der Waals surface area contributed by atoms with Crippen molar-refractivity contribution in [1.82, 2.24) is 0 Å². The van der Waals surface area contributed by atoms with Gasteiger partial charge in [-0.3, -0.25) is 9.59 Å². The molecule has 2 aromatic carbocycles. The Balaban J connectivity index is 1.71. The van der Waals surface area contributed by atoms with Gasteiger partial charge < -0.3 is 10.2 Å². The lowest BCUT2D eigenvalue weighted by molar-refractivity contribution is -0.122. The van der Waals surface area contributed by atoms with Gasteiger partial charge in [0, 0.05) is 29.4 Å². The van der Waals surface area contributed by atoms with Crippen LogP contribution in [0.2, 0.25) is 5.02 Å². The van der Waals surface area contributed by atoms with Gasteiger partial charge in [-0.15, -0.1) is 0 Å². The molecule has 0 aromatic heterocycles. The minimum absolute atomic E-state index is 0.0163. The van der Waals surface area contributed by atoms with Crippen LogP contribution in [0, 0.1) is 5.92 Å². The van der Waals surface area contributed by atoms with Crippen LogP contribution >= 0.6 is 11.6 Å². The fraction of sp³-hybridized carbons (Fsp3) is 0.263. The number of benzene rings is 2. The third-order valence-electron chi connectivity index (χ3n) is 4.47. The summed E-state index contributed by atoms with van der Waals surface area (Å²) in [6, 6.07) is 13.0. The van der Waals surface area contributed by atoms with Crippen molar-refractivity contribution in [2.75, 3.05) is 22.5 Å². The SMILES string of the molecule is CCS(=O)(=O)c1cccc(NC(=O)C2CC(=O)N(c3ccc(Cl)cc3)C2)c1. The van der Waals surface area contributed by atoms with Crippen LogP contribution in [0.3, 0.4) is 0 Å². The number of carbonyl (C=O) groups is 2. The summed E-state index contributed by atoms with van der Waals surface area (Å²) in [7, 11) is -3.36. The minimum atomic E-state index is -3.36. The zero-order valence-electron chi connectivity index (χ0n) is 14.7. The Kier molecular flexibility index (Phi) is 5.53. The summed E-state index contributed by atoms with van der Waals surface area (Å²) in [4.78, 5) is 26.6. The van der Waals surface area contributed by atoms with Gasteiger partial charge in [0.25, 0.3) is 0 Å². The molecule has 1 unspecified atom stereocenters. The predicted octanol–water partition coefficient (Wildman–Crippen LogP) is 3.13. The van der Waals surface area contributed by atoms with Gasteiger partial charge in [-0.1, -0.05) is 24.6 Å². The minimum Gasteiger partial charge on any atom is -0.326 e. The number of nitrogens with one attached hydrogen (secondary N) is 1. The number of carbonyl (C=O) groups excluding carboxylic acids is 2. The maximum Gasteiger partial charge on any atom is 0.229 e. The molecule has 1 aliphatic heterocycles. The molecular weight excluding hydrogens is 388 g/mol. The fourth-order valence-electron chi connectivity index (χ4n) is 2.93. The number of rotatable bonds is 5. The second-order valence-corrected chi connectivity index (χ2v) is 9.02. The smallest absolute Gasteiger partial charge is 0.229 e.